The van der Waals surface area contributed by atoms with E-state index >= 15 is 0 Å². The molecule has 0 aliphatic heterocycles. The third-order valence-corrected chi connectivity index (χ3v) is 3.02. The number of hydrogen-bond acceptors (Lipinski definition) is 4. The van der Waals surface area contributed by atoms with E-state index in [0.29, 0.717) is 11.9 Å². The normalized spacial score (nSPS) is 10.8. The van der Waals surface area contributed by atoms with Crippen molar-refractivity contribution in [1.29, 1.82) is 0 Å². The van der Waals surface area contributed by atoms with Gasteiger partial charge in [0.2, 0.25) is 5.95 Å². The van der Waals surface area contributed by atoms with E-state index in [1.165, 1.54) is 11.1 Å². The number of nitrogens with zero attached hydrogens (tertiary/aromatic N) is 2. The molecule has 1 aromatic carbocycles. The number of aryl methyl sites for hydroxylation is 3. The minimum Gasteiger partial charge on any atom is -0.370 e. The smallest absolute Gasteiger partial charge is 0.229 e. The molecule has 0 aliphatic carbocycles. The average molecular weight is 284 g/mol. The topological polar surface area (TPSA) is 49.8 Å². The fraction of sp³-hybridized carbons (Fsp3) is 0.412. The van der Waals surface area contributed by atoms with Gasteiger partial charge in [0, 0.05) is 24.0 Å². The Morgan fingerprint density at radius 1 is 0.952 bits per heavy atom. The van der Waals surface area contributed by atoms with Crippen molar-refractivity contribution in [1.82, 2.24) is 9.97 Å². The number of aromatic nitrogens is 2. The van der Waals surface area contributed by atoms with Crippen molar-refractivity contribution in [2.45, 2.75) is 34.6 Å². The second kappa shape index (κ2) is 6.57. The Labute approximate surface area is 127 Å². The molecule has 0 unspecified atom stereocenters. The monoisotopic (exact) mass is 284 g/mol. The molecule has 2 N–H and O–H groups in total. The van der Waals surface area contributed by atoms with Crippen molar-refractivity contribution < 1.29 is 0 Å². The molecule has 0 atom stereocenters. The summed E-state index contributed by atoms with van der Waals surface area (Å²) in [5, 5.41) is 6.63. The molecule has 2 aromatic rings. The van der Waals surface area contributed by atoms with Crippen molar-refractivity contribution >= 4 is 17.5 Å². The van der Waals surface area contributed by atoms with Gasteiger partial charge in [-0.15, -0.1) is 0 Å². The summed E-state index contributed by atoms with van der Waals surface area (Å²) < 4.78 is 0. The highest BCUT2D eigenvalue weighted by Gasteiger charge is 2.04. The van der Waals surface area contributed by atoms with Crippen LogP contribution in [0.2, 0.25) is 0 Å². The highest BCUT2D eigenvalue weighted by molar-refractivity contribution is 5.57. The first-order valence-corrected chi connectivity index (χ1v) is 7.37. The zero-order valence-corrected chi connectivity index (χ0v) is 13.5. The molecule has 112 valence electrons. The Balaban J connectivity index is 2.19. The first kappa shape index (κ1) is 15.3. The molecular weight excluding hydrogens is 260 g/mol. The van der Waals surface area contributed by atoms with Gasteiger partial charge in [0.25, 0.3) is 0 Å². The van der Waals surface area contributed by atoms with Crippen LogP contribution in [0.15, 0.2) is 24.3 Å². The molecule has 0 spiro atoms. The fourth-order valence-corrected chi connectivity index (χ4v) is 2.20. The summed E-state index contributed by atoms with van der Waals surface area (Å²) in [6.07, 6.45) is 0. The van der Waals surface area contributed by atoms with E-state index in [1.54, 1.807) is 0 Å². The highest BCUT2D eigenvalue weighted by Crippen LogP contribution is 2.19. The highest BCUT2D eigenvalue weighted by atomic mass is 15.1. The molecule has 4 heteroatoms. The van der Waals surface area contributed by atoms with Crippen LogP contribution in [-0.4, -0.2) is 16.5 Å². The second-order valence-corrected chi connectivity index (χ2v) is 5.99. The van der Waals surface area contributed by atoms with Crippen LogP contribution in [0.1, 0.15) is 30.7 Å². The molecule has 0 bridgehead atoms. The lowest BCUT2D eigenvalue weighted by Crippen LogP contribution is -2.10. The molecule has 0 aliphatic rings. The number of benzene rings is 1. The lowest BCUT2D eigenvalue weighted by molar-refractivity contribution is 0.687. The molecular formula is C17H24N4. The van der Waals surface area contributed by atoms with Crippen LogP contribution in [0.3, 0.4) is 0 Å². The van der Waals surface area contributed by atoms with Crippen molar-refractivity contribution in [2.75, 3.05) is 17.2 Å². The van der Waals surface area contributed by atoms with Crippen LogP contribution >= 0.6 is 0 Å². The lowest BCUT2D eigenvalue weighted by atomic mass is 10.1. The SMILES string of the molecule is Cc1cc(C)cc(Nc2nc(C)cc(NCC(C)C)n2)c1. The maximum Gasteiger partial charge on any atom is 0.229 e. The van der Waals surface area contributed by atoms with Crippen LogP contribution in [0, 0.1) is 26.7 Å². The van der Waals surface area contributed by atoms with Crippen molar-refractivity contribution in [3.63, 3.8) is 0 Å². The van der Waals surface area contributed by atoms with Gasteiger partial charge in [-0.1, -0.05) is 19.9 Å². The van der Waals surface area contributed by atoms with Crippen molar-refractivity contribution in [3.8, 4) is 0 Å². The van der Waals surface area contributed by atoms with Gasteiger partial charge in [0.1, 0.15) is 5.82 Å². The Bertz CT molecular complexity index is 600. The molecule has 2 rings (SSSR count). The third-order valence-electron chi connectivity index (χ3n) is 3.02. The van der Waals surface area contributed by atoms with E-state index in [9.17, 15) is 0 Å². The molecule has 0 radical (unpaired) electrons. The molecule has 4 nitrogen and oxygen atoms in total. The summed E-state index contributed by atoms with van der Waals surface area (Å²) in [4.78, 5) is 8.98. The minimum atomic E-state index is 0.580. The zero-order chi connectivity index (χ0) is 15.4. The maximum atomic E-state index is 4.53. The van der Waals surface area contributed by atoms with Crippen LogP contribution < -0.4 is 10.6 Å². The fourth-order valence-electron chi connectivity index (χ4n) is 2.20. The van der Waals surface area contributed by atoms with Gasteiger partial charge in [0.05, 0.1) is 0 Å². The molecule has 0 saturated carbocycles. The van der Waals surface area contributed by atoms with Gasteiger partial charge >= 0.3 is 0 Å². The Kier molecular flexibility index (Phi) is 4.78. The van der Waals surface area contributed by atoms with Crippen LogP contribution in [-0.2, 0) is 0 Å². The summed E-state index contributed by atoms with van der Waals surface area (Å²) >= 11 is 0. The number of rotatable bonds is 5. The van der Waals surface area contributed by atoms with Gasteiger partial charge in [-0.2, -0.15) is 4.98 Å². The average Bonchev–Trinajstić information content (AvgIpc) is 2.34. The number of anilines is 3. The molecule has 1 aromatic heterocycles. The zero-order valence-electron chi connectivity index (χ0n) is 13.5. The summed E-state index contributed by atoms with van der Waals surface area (Å²) in [6, 6.07) is 8.31. The largest absolute Gasteiger partial charge is 0.370 e. The van der Waals surface area contributed by atoms with Gasteiger partial charge in [-0.05, 0) is 49.9 Å². The lowest BCUT2D eigenvalue weighted by Gasteiger charge is -2.12. The third kappa shape index (κ3) is 4.74. The van der Waals surface area contributed by atoms with E-state index in [4.69, 9.17) is 0 Å². The molecule has 0 saturated heterocycles. The Hall–Kier alpha value is -2.10. The maximum absolute atomic E-state index is 4.53. The predicted octanol–water partition coefficient (Wildman–Crippen LogP) is 4.21. The predicted molar refractivity (Wildman–Crippen MR) is 89.3 cm³/mol. The summed E-state index contributed by atoms with van der Waals surface area (Å²) in [5.74, 6) is 2.07. The second-order valence-electron chi connectivity index (χ2n) is 5.99. The van der Waals surface area contributed by atoms with Gasteiger partial charge in [0.15, 0.2) is 0 Å². The van der Waals surface area contributed by atoms with Crippen molar-refractivity contribution in [3.05, 3.63) is 41.1 Å². The summed E-state index contributed by atoms with van der Waals surface area (Å²) in [5.41, 5.74) is 4.42. The van der Waals surface area contributed by atoms with Crippen LogP contribution in [0.5, 0.6) is 0 Å². The van der Waals surface area contributed by atoms with Gasteiger partial charge < -0.3 is 10.6 Å². The quantitative estimate of drug-likeness (QED) is 0.863. The molecule has 0 fully saturated rings. The number of nitrogens with one attached hydrogen (secondary N) is 2. The molecule has 1 heterocycles. The van der Waals surface area contributed by atoms with E-state index in [2.05, 4.69) is 66.5 Å². The standard InChI is InChI=1S/C17H24N4/c1-11(2)10-18-16-9-14(5)19-17(21-16)20-15-7-12(3)6-13(4)8-15/h6-9,11H,10H2,1-5H3,(H2,18,19,20,21). The van der Waals surface area contributed by atoms with E-state index in [-0.39, 0.29) is 0 Å². The van der Waals surface area contributed by atoms with Crippen LogP contribution in [0.4, 0.5) is 17.5 Å². The van der Waals surface area contributed by atoms with Crippen LogP contribution in [0.25, 0.3) is 0 Å². The Morgan fingerprint density at radius 2 is 1.62 bits per heavy atom. The van der Waals surface area contributed by atoms with E-state index in [0.717, 1.165) is 23.7 Å². The van der Waals surface area contributed by atoms with E-state index in [1.807, 2.05) is 13.0 Å². The minimum absolute atomic E-state index is 0.580. The summed E-state index contributed by atoms with van der Waals surface area (Å²) in [6.45, 7) is 11.4. The summed E-state index contributed by atoms with van der Waals surface area (Å²) in [7, 11) is 0. The Morgan fingerprint density at radius 3 is 2.24 bits per heavy atom. The van der Waals surface area contributed by atoms with Gasteiger partial charge in [-0.25, -0.2) is 4.98 Å². The molecule has 21 heavy (non-hydrogen) atoms. The van der Waals surface area contributed by atoms with Crippen molar-refractivity contribution in [2.24, 2.45) is 5.92 Å². The van der Waals surface area contributed by atoms with Gasteiger partial charge in [-0.3, -0.25) is 0 Å². The first-order chi connectivity index (χ1) is 9.92. The van der Waals surface area contributed by atoms with E-state index < -0.39 is 0 Å². The molecule has 0 amide bonds. The first-order valence-electron chi connectivity index (χ1n) is 7.37. The number of hydrogen-bond donors (Lipinski definition) is 2.